The van der Waals surface area contributed by atoms with E-state index in [1.807, 2.05) is 26.1 Å². The summed E-state index contributed by atoms with van der Waals surface area (Å²) in [4.78, 5) is 13.0. The van der Waals surface area contributed by atoms with Crippen molar-refractivity contribution >= 4 is 5.82 Å². The minimum Gasteiger partial charge on any atom is -0.437 e. The Bertz CT molecular complexity index is 557. The van der Waals surface area contributed by atoms with Crippen LogP contribution < -0.4 is 10.1 Å². The topological polar surface area (TPSA) is 59.9 Å². The van der Waals surface area contributed by atoms with Crippen molar-refractivity contribution in [2.45, 2.75) is 26.7 Å². The molecule has 0 atom stereocenters. The molecule has 1 N–H and O–H groups in total. The van der Waals surface area contributed by atoms with Gasteiger partial charge < -0.3 is 10.1 Å². The molecule has 0 spiro atoms. The fraction of sp³-hybridized carbons (Fsp3) is 0.357. The summed E-state index contributed by atoms with van der Waals surface area (Å²) in [5.74, 6) is 2.80. The van der Waals surface area contributed by atoms with Crippen molar-refractivity contribution in [2.24, 2.45) is 0 Å². The second-order valence-electron chi connectivity index (χ2n) is 4.20. The summed E-state index contributed by atoms with van der Waals surface area (Å²) < 4.78 is 5.79. The first-order chi connectivity index (χ1) is 9.22. The van der Waals surface area contributed by atoms with Gasteiger partial charge in [0.1, 0.15) is 11.6 Å². The molecule has 0 bridgehead atoms. The summed E-state index contributed by atoms with van der Waals surface area (Å²) in [5.41, 5.74) is 0.837. The molecule has 0 aliphatic heterocycles. The van der Waals surface area contributed by atoms with E-state index in [1.54, 1.807) is 12.3 Å². The van der Waals surface area contributed by atoms with Crippen LogP contribution in [0.25, 0.3) is 0 Å². The molecule has 0 radical (unpaired) electrons. The Labute approximate surface area is 113 Å². The fourth-order valence-corrected chi connectivity index (χ4v) is 1.68. The number of ether oxygens (including phenoxy) is 1. The van der Waals surface area contributed by atoms with Gasteiger partial charge in [-0.2, -0.15) is 4.98 Å². The van der Waals surface area contributed by atoms with E-state index >= 15 is 0 Å². The molecule has 0 saturated heterocycles. The summed E-state index contributed by atoms with van der Waals surface area (Å²) in [7, 11) is 1.83. The monoisotopic (exact) mass is 258 g/mol. The largest absolute Gasteiger partial charge is 0.437 e. The van der Waals surface area contributed by atoms with Crippen LogP contribution in [0.15, 0.2) is 24.4 Å². The van der Waals surface area contributed by atoms with Crippen molar-refractivity contribution < 1.29 is 4.74 Å². The van der Waals surface area contributed by atoms with Crippen LogP contribution in [0.3, 0.4) is 0 Å². The number of pyridine rings is 1. The van der Waals surface area contributed by atoms with E-state index < -0.39 is 0 Å². The number of aryl methyl sites for hydroxylation is 2. The Hall–Kier alpha value is -2.17. The molecule has 0 amide bonds. The van der Waals surface area contributed by atoms with E-state index in [0.717, 1.165) is 30.2 Å². The Morgan fingerprint density at radius 3 is 2.84 bits per heavy atom. The number of anilines is 1. The van der Waals surface area contributed by atoms with Gasteiger partial charge >= 0.3 is 0 Å². The van der Waals surface area contributed by atoms with Crippen molar-refractivity contribution in [3.8, 4) is 11.6 Å². The van der Waals surface area contributed by atoms with Crippen LogP contribution in [0, 0.1) is 6.92 Å². The minimum atomic E-state index is 0.541. The van der Waals surface area contributed by atoms with Crippen LogP contribution in [0.1, 0.15) is 24.9 Å². The fourth-order valence-electron chi connectivity index (χ4n) is 1.68. The van der Waals surface area contributed by atoms with Crippen molar-refractivity contribution in [1.29, 1.82) is 0 Å². The van der Waals surface area contributed by atoms with Gasteiger partial charge in [-0.15, -0.1) is 0 Å². The number of nitrogens with one attached hydrogen (secondary N) is 1. The second kappa shape index (κ2) is 6.13. The lowest BCUT2D eigenvalue weighted by Crippen LogP contribution is -2.02. The molecule has 2 aromatic rings. The summed E-state index contributed by atoms with van der Waals surface area (Å²) in [6.07, 6.45) is 3.57. The Balaban J connectivity index is 2.29. The van der Waals surface area contributed by atoms with E-state index in [1.165, 1.54) is 0 Å². The van der Waals surface area contributed by atoms with Crippen LogP contribution in [0.2, 0.25) is 0 Å². The number of rotatable bonds is 5. The maximum absolute atomic E-state index is 5.79. The number of hydrogen-bond donors (Lipinski definition) is 1. The van der Waals surface area contributed by atoms with E-state index in [0.29, 0.717) is 11.6 Å². The normalized spacial score (nSPS) is 10.3. The molecule has 5 heteroatoms. The standard InChI is InChI=1S/C14H18N4O/c1-4-6-12-17-13(15-3)9-14(18-12)19-11-7-5-8-16-10(11)2/h5,7-9H,4,6H2,1-3H3,(H,15,17,18). The van der Waals surface area contributed by atoms with Crippen LogP contribution >= 0.6 is 0 Å². The van der Waals surface area contributed by atoms with Crippen LogP contribution in [0.5, 0.6) is 11.6 Å². The molecule has 0 aliphatic carbocycles. The zero-order valence-electron chi connectivity index (χ0n) is 11.5. The van der Waals surface area contributed by atoms with E-state index in [2.05, 4.69) is 27.2 Å². The lowest BCUT2D eigenvalue weighted by molar-refractivity contribution is 0.452. The number of aromatic nitrogens is 3. The van der Waals surface area contributed by atoms with Crippen molar-refractivity contribution in [2.75, 3.05) is 12.4 Å². The molecule has 2 aromatic heterocycles. The molecule has 2 heterocycles. The zero-order valence-corrected chi connectivity index (χ0v) is 11.5. The minimum absolute atomic E-state index is 0.541. The van der Waals surface area contributed by atoms with Crippen molar-refractivity contribution in [1.82, 2.24) is 15.0 Å². The quantitative estimate of drug-likeness (QED) is 0.893. The van der Waals surface area contributed by atoms with Crippen LogP contribution in [-0.2, 0) is 6.42 Å². The van der Waals surface area contributed by atoms with Gasteiger partial charge in [0.15, 0.2) is 5.75 Å². The lowest BCUT2D eigenvalue weighted by Gasteiger charge is -2.09. The third-order valence-corrected chi connectivity index (χ3v) is 2.65. The average molecular weight is 258 g/mol. The highest BCUT2D eigenvalue weighted by atomic mass is 16.5. The zero-order chi connectivity index (χ0) is 13.7. The Morgan fingerprint density at radius 1 is 1.32 bits per heavy atom. The van der Waals surface area contributed by atoms with Gasteiger partial charge in [0, 0.05) is 25.7 Å². The maximum atomic E-state index is 5.79. The smallest absolute Gasteiger partial charge is 0.224 e. The molecular formula is C14H18N4O. The third-order valence-electron chi connectivity index (χ3n) is 2.65. The summed E-state index contributed by atoms with van der Waals surface area (Å²) in [6, 6.07) is 5.50. The Morgan fingerprint density at radius 2 is 2.16 bits per heavy atom. The molecule has 19 heavy (non-hydrogen) atoms. The first kappa shape index (κ1) is 13.3. The predicted molar refractivity (Wildman–Crippen MR) is 74.6 cm³/mol. The summed E-state index contributed by atoms with van der Waals surface area (Å²) >= 11 is 0. The van der Waals surface area contributed by atoms with E-state index in [-0.39, 0.29) is 0 Å². The van der Waals surface area contributed by atoms with Gasteiger partial charge in [-0.05, 0) is 25.5 Å². The van der Waals surface area contributed by atoms with Gasteiger partial charge in [-0.25, -0.2) is 4.98 Å². The average Bonchev–Trinajstić information content (AvgIpc) is 2.41. The molecule has 0 fully saturated rings. The van der Waals surface area contributed by atoms with E-state index in [9.17, 15) is 0 Å². The highest BCUT2D eigenvalue weighted by Gasteiger charge is 2.07. The Kier molecular flexibility index (Phi) is 4.28. The first-order valence-corrected chi connectivity index (χ1v) is 6.38. The van der Waals surface area contributed by atoms with Gasteiger partial charge in [0.05, 0.1) is 5.69 Å². The van der Waals surface area contributed by atoms with Crippen LogP contribution in [0.4, 0.5) is 5.82 Å². The molecular weight excluding hydrogens is 240 g/mol. The molecule has 100 valence electrons. The highest BCUT2D eigenvalue weighted by molar-refractivity contribution is 5.40. The van der Waals surface area contributed by atoms with Crippen LogP contribution in [-0.4, -0.2) is 22.0 Å². The molecule has 5 nitrogen and oxygen atoms in total. The predicted octanol–water partition coefficient (Wildman–Crippen LogP) is 2.97. The van der Waals surface area contributed by atoms with Crippen molar-refractivity contribution in [3.63, 3.8) is 0 Å². The maximum Gasteiger partial charge on any atom is 0.224 e. The molecule has 0 unspecified atom stereocenters. The van der Waals surface area contributed by atoms with Gasteiger partial charge in [-0.1, -0.05) is 6.92 Å². The SMILES string of the molecule is CCCc1nc(NC)cc(Oc2cccnc2C)n1. The third kappa shape index (κ3) is 3.40. The van der Waals surface area contributed by atoms with Gasteiger partial charge in [0.2, 0.25) is 5.88 Å². The summed E-state index contributed by atoms with van der Waals surface area (Å²) in [6.45, 7) is 4.00. The molecule has 2 rings (SSSR count). The second-order valence-corrected chi connectivity index (χ2v) is 4.20. The molecule has 0 saturated carbocycles. The number of nitrogens with zero attached hydrogens (tertiary/aromatic N) is 3. The number of hydrogen-bond acceptors (Lipinski definition) is 5. The summed E-state index contributed by atoms with van der Waals surface area (Å²) in [5, 5.41) is 3.02. The lowest BCUT2D eigenvalue weighted by atomic mass is 10.3. The highest BCUT2D eigenvalue weighted by Crippen LogP contribution is 2.23. The first-order valence-electron chi connectivity index (χ1n) is 6.38. The van der Waals surface area contributed by atoms with Gasteiger partial charge in [0.25, 0.3) is 0 Å². The molecule has 0 aromatic carbocycles. The van der Waals surface area contributed by atoms with Crippen molar-refractivity contribution in [3.05, 3.63) is 35.9 Å². The molecule has 0 aliphatic rings. The van der Waals surface area contributed by atoms with E-state index in [4.69, 9.17) is 4.74 Å². The van der Waals surface area contributed by atoms with Gasteiger partial charge in [-0.3, -0.25) is 4.98 Å².